The molecule has 0 spiro atoms. The number of fused-ring (bicyclic) bond motifs is 1. The highest BCUT2D eigenvalue weighted by molar-refractivity contribution is 5.78. The molecule has 3 heteroatoms. The van der Waals surface area contributed by atoms with Gasteiger partial charge in [0.05, 0.1) is 0 Å². The molecule has 3 rings (SSSR count). The summed E-state index contributed by atoms with van der Waals surface area (Å²) < 4.78 is 18.9. The first-order chi connectivity index (χ1) is 10.2. The van der Waals surface area contributed by atoms with E-state index >= 15 is 0 Å². The summed E-state index contributed by atoms with van der Waals surface area (Å²) in [5.74, 6) is 0.127. The highest BCUT2D eigenvalue weighted by Crippen LogP contribution is 2.36. The zero-order valence-corrected chi connectivity index (χ0v) is 11.8. The number of aliphatic hydroxyl groups excluding tert-OH is 1. The van der Waals surface area contributed by atoms with Gasteiger partial charge < -0.3 is 9.52 Å². The Morgan fingerprint density at radius 1 is 1.10 bits per heavy atom. The third kappa shape index (κ3) is 2.69. The highest BCUT2D eigenvalue weighted by atomic mass is 19.1. The second-order valence-corrected chi connectivity index (χ2v) is 5.20. The molecule has 2 aromatic carbocycles. The molecule has 0 radical (unpaired) electrons. The highest BCUT2D eigenvalue weighted by Gasteiger charge is 2.24. The Kier molecular flexibility index (Phi) is 3.76. The van der Waals surface area contributed by atoms with Crippen molar-refractivity contribution in [3.63, 3.8) is 0 Å². The monoisotopic (exact) mass is 284 g/mol. The molecule has 2 atom stereocenters. The summed E-state index contributed by atoms with van der Waals surface area (Å²) in [5, 5.41) is 11.3. The van der Waals surface area contributed by atoms with E-state index in [4.69, 9.17) is 4.42 Å². The van der Waals surface area contributed by atoms with Crippen LogP contribution in [-0.2, 0) is 0 Å². The van der Waals surface area contributed by atoms with Gasteiger partial charge >= 0.3 is 0 Å². The predicted octanol–water partition coefficient (Wildman–Crippen LogP) is 4.80. The van der Waals surface area contributed by atoms with E-state index in [1.54, 1.807) is 12.1 Å². The number of hydrogen-bond acceptors (Lipinski definition) is 2. The third-order valence-electron chi connectivity index (χ3n) is 3.84. The summed E-state index contributed by atoms with van der Waals surface area (Å²) >= 11 is 0. The molecule has 0 fully saturated rings. The van der Waals surface area contributed by atoms with Crippen LogP contribution in [0.15, 0.2) is 59.0 Å². The second kappa shape index (κ2) is 5.70. The molecular formula is C18H17FO2. The van der Waals surface area contributed by atoms with Gasteiger partial charge in [0, 0.05) is 11.3 Å². The zero-order valence-electron chi connectivity index (χ0n) is 11.8. The molecule has 21 heavy (non-hydrogen) atoms. The molecular weight excluding hydrogens is 267 g/mol. The van der Waals surface area contributed by atoms with Gasteiger partial charge in [-0.3, -0.25) is 0 Å². The quantitative estimate of drug-likeness (QED) is 0.746. The van der Waals surface area contributed by atoms with Crippen LogP contribution in [0.4, 0.5) is 4.39 Å². The standard InChI is InChI=1S/C18H17FO2/c1-2-15(12-6-4-3-5-7-12)18(20)17-11-13-10-14(19)8-9-16(13)21-17/h3-11,15,18,20H,2H2,1H3. The minimum absolute atomic E-state index is 0.0448. The average Bonchev–Trinajstić information content (AvgIpc) is 2.92. The number of halogens is 1. The molecule has 108 valence electrons. The molecule has 0 aliphatic heterocycles. The van der Waals surface area contributed by atoms with Crippen molar-refractivity contribution in [2.24, 2.45) is 0 Å². The summed E-state index contributed by atoms with van der Waals surface area (Å²) in [5.41, 5.74) is 1.66. The van der Waals surface area contributed by atoms with Gasteiger partial charge in [-0.15, -0.1) is 0 Å². The molecule has 0 bridgehead atoms. The lowest BCUT2D eigenvalue weighted by Crippen LogP contribution is -2.09. The number of hydrogen-bond donors (Lipinski definition) is 1. The lowest BCUT2D eigenvalue weighted by atomic mass is 9.90. The summed E-state index contributed by atoms with van der Waals surface area (Å²) in [6.45, 7) is 2.03. The summed E-state index contributed by atoms with van der Waals surface area (Å²) in [6, 6.07) is 15.9. The Bertz CT molecular complexity index is 733. The van der Waals surface area contributed by atoms with Gasteiger partial charge in [0.25, 0.3) is 0 Å². The van der Waals surface area contributed by atoms with Gasteiger partial charge in [-0.1, -0.05) is 37.3 Å². The maximum absolute atomic E-state index is 13.2. The van der Waals surface area contributed by atoms with Crippen molar-refractivity contribution in [2.75, 3.05) is 0 Å². The van der Waals surface area contributed by atoms with Gasteiger partial charge in [-0.2, -0.15) is 0 Å². The number of benzene rings is 2. The van der Waals surface area contributed by atoms with Gasteiger partial charge in [-0.25, -0.2) is 4.39 Å². The first-order valence-corrected chi connectivity index (χ1v) is 7.11. The van der Waals surface area contributed by atoms with Crippen LogP contribution in [0.2, 0.25) is 0 Å². The van der Waals surface area contributed by atoms with Gasteiger partial charge in [0.2, 0.25) is 0 Å². The van der Waals surface area contributed by atoms with Crippen molar-refractivity contribution < 1.29 is 13.9 Å². The average molecular weight is 284 g/mol. The fraction of sp³-hybridized carbons (Fsp3) is 0.222. The predicted molar refractivity (Wildman–Crippen MR) is 80.6 cm³/mol. The molecule has 0 aliphatic rings. The fourth-order valence-electron chi connectivity index (χ4n) is 2.72. The number of aliphatic hydroxyl groups is 1. The topological polar surface area (TPSA) is 33.4 Å². The van der Waals surface area contributed by atoms with Crippen molar-refractivity contribution in [2.45, 2.75) is 25.4 Å². The van der Waals surface area contributed by atoms with E-state index in [-0.39, 0.29) is 11.7 Å². The largest absolute Gasteiger partial charge is 0.458 e. The third-order valence-corrected chi connectivity index (χ3v) is 3.84. The SMILES string of the molecule is CCC(c1ccccc1)C(O)c1cc2cc(F)ccc2o1. The minimum atomic E-state index is -0.743. The maximum Gasteiger partial charge on any atom is 0.134 e. The number of furan rings is 1. The van der Waals surface area contributed by atoms with Crippen molar-refractivity contribution in [3.8, 4) is 0 Å². The van der Waals surface area contributed by atoms with Crippen LogP contribution in [0, 0.1) is 5.82 Å². The van der Waals surface area contributed by atoms with Crippen LogP contribution < -0.4 is 0 Å². The van der Waals surface area contributed by atoms with Crippen LogP contribution in [0.5, 0.6) is 0 Å². The lowest BCUT2D eigenvalue weighted by Gasteiger charge is -2.20. The molecule has 3 aromatic rings. The van der Waals surface area contributed by atoms with E-state index < -0.39 is 6.10 Å². The lowest BCUT2D eigenvalue weighted by molar-refractivity contribution is 0.119. The Morgan fingerprint density at radius 3 is 2.57 bits per heavy atom. The van der Waals surface area contributed by atoms with E-state index in [1.807, 2.05) is 37.3 Å². The summed E-state index contributed by atoms with van der Waals surface area (Å²) in [6.07, 6.45) is 0.0456. The zero-order chi connectivity index (χ0) is 14.8. The van der Waals surface area contributed by atoms with Crippen LogP contribution in [0.3, 0.4) is 0 Å². The molecule has 0 saturated heterocycles. The molecule has 1 heterocycles. The van der Waals surface area contributed by atoms with Crippen LogP contribution in [-0.4, -0.2) is 5.11 Å². The fourth-order valence-corrected chi connectivity index (χ4v) is 2.72. The van der Waals surface area contributed by atoms with Crippen molar-refractivity contribution in [1.82, 2.24) is 0 Å². The van der Waals surface area contributed by atoms with Crippen molar-refractivity contribution >= 4 is 11.0 Å². The van der Waals surface area contributed by atoms with Gasteiger partial charge in [0.15, 0.2) is 0 Å². The van der Waals surface area contributed by atoms with E-state index in [0.717, 1.165) is 12.0 Å². The Balaban J connectivity index is 1.96. The van der Waals surface area contributed by atoms with E-state index in [0.29, 0.717) is 16.7 Å². The molecule has 1 aromatic heterocycles. The number of rotatable bonds is 4. The Morgan fingerprint density at radius 2 is 1.86 bits per heavy atom. The molecule has 0 saturated carbocycles. The molecule has 0 amide bonds. The molecule has 2 unspecified atom stereocenters. The summed E-state index contributed by atoms with van der Waals surface area (Å²) in [7, 11) is 0. The van der Waals surface area contributed by atoms with Gasteiger partial charge in [0.1, 0.15) is 23.3 Å². The van der Waals surface area contributed by atoms with E-state index in [1.165, 1.54) is 12.1 Å². The Labute approximate surface area is 122 Å². The minimum Gasteiger partial charge on any atom is -0.458 e. The van der Waals surface area contributed by atoms with Crippen LogP contribution in [0.1, 0.15) is 36.7 Å². The molecule has 1 N–H and O–H groups in total. The molecule has 2 nitrogen and oxygen atoms in total. The first-order valence-electron chi connectivity index (χ1n) is 7.11. The normalized spacial score (nSPS) is 14.2. The van der Waals surface area contributed by atoms with Crippen molar-refractivity contribution in [1.29, 1.82) is 0 Å². The Hall–Kier alpha value is -2.13. The van der Waals surface area contributed by atoms with E-state index in [2.05, 4.69) is 0 Å². The van der Waals surface area contributed by atoms with Crippen molar-refractivity contribution in [3.05, 3.63) is 71.7 Å². The first kappa shape index (κ1) is 13.8. The van der Waals surface area contributed by atoms with Crippen LogP contribution in [0.25, 0.3) is 11.0 Å². The smallest absolute Gasteiger partial charge is 0.134 e. The second-order valence-electron chi connectivity index (χ2n) is 5.20. The maximum atomic E-state index is 13.2. The van der Waals surface area contributed by atoms with Gasteiger partial charge in [-0.05, 0) is 36.2 Å². The van der Waals surface area contributed by atoms with Crippen LogP contribution >= 0.6 is 0 Å². The summed E-state index contributed by atoms with van der Waals surface area (Å²) in [4.78, 5) is 0. The van der Waals surface area contributed by atoms with E-state index in [9.17, 15) is 9.50 Å². The molecule has 0 aliphatic carbocycles.